The van der Waals surface area contributed by atoms with Crippen molar-refractivity contribution >= 4 is 0 Å². The summed E-state index contributed by atoms with van der Waals surface area (Å²) in [6.45, 7) is 0.821. The maximum atomic E-state index is 10.5. The zero-order valence-corrected chi connectivity index (χ0v) is 15.3. The number of rotatable bonds is 8. The summed E-state index contributed by atoms with van der Waals surface area (Å²) < 4.78 is 22.5. The van der Waals surface area contributed by atoms with Gasteiger partial charge < -0.3 is 29.2 Å². The van der Waals surface area contributed by atoms with Gasteiger partial charge in [0.25, 0.3) is 0 Å². The van der Waals surface area contributed by atoms with E-state index in [1.54, 1.807) is 0 Å². The molecule has 0 saturated carbocycles. The summed E-state index contributed by atoms with van der Waals surface area (Å²) >= 11 is 0. The zero-order valence-electron chi connectivity index (χ0n) is 15.3. The number of ether oxygens (including phenoxy) is 4. The van der Waals surface area contributed by atoms with Crippen LogP contribution in [0.1, 0.15) is 11.1 Å². The third kappa shape index (κ3) is 5.35. The van der Waals surface area contributed by atoms with Crippen molar-refractivity contribution in [3.63, 3.8) is 0 Å². The highest BCUT2D eigenvalue weighted by Gasteiger charge is 2.45. The Balaban J connectivity index is 1.54. The van der Waals surface area contributed by atoms with E-state index < -0.39 is 30.7 Å². The molecule has 1 aliphatic rings. The lowest BCUT2D eigenvalue weighted by molar-refractivity contribution is -0.307. The van der Waals surface area contributed by atoms with Crippen molar-refractivity contribution in [2.24, 2.45) is 0 Å². The molecule has 0 bridgehead atoms. The van der Waals surface area contributed by atoms with Crippen molar-refractivity contribution in [1.29, 1.82) is 0 Å². The standard InChI is InChI=1S/C21H26O6/c1-24-21-20(26-13-16-10-6-3-7-11-16)19(23)18(22)17(27-21)14-25-12-15-8-4-2-5-9-15/h2-11,17-23H,12-14H2,1H3/t17-,18-,19+,20-,21+/m1/s1. The quantitative estimate of drug-likeness (QED) is 0.735. The van der Waals surface area contributed by atoms with Crippen molar-refractivity contribution < 1.29 is 29.2 Å². The average Bonchev–Trinajstić information content (AvgIpc) is 2.72. The van der Waals surface area contributed by atoms with E-state index in [1.165, 1.54) is 7.11 Å². The van der Waals surface area contributed by atoms with Gasteiger partial charge in [-0.15, -0.1) is 0 Å². The minimum Gasteiger partial charge on any atom is -0.387 e. The molecule has 1 heterocycles. The van der Waals surface area contributed by atoms with Crippen LogP contribution < -0.4 is 0 Å². The predicted molar refractivity (Wildman–Crippen MR) is 98.8 cm³/mol. The Hall–Kier alpha value is -1.80. The SMILES string of the molecule is CO[C@H]1O[C@H](COCc2ccccc2)[C@@H](O)[C@H](O)[C@H]1OCc1ccccc1. The van der Waals surface area contributed by atoms with Crippen molar-refractivity contribution in [2.75, 3.05) is 13.7 Å². The van der Waals surface area contributed by atoms with Crippen LogP contribution in [0, 0.1) is 0 Å². The smallest absolute Gasteiger partial charge is 0.186 e. The number of aliphatic hydroxyl groups excluding tert-OH is 2. The number of methoxy groups -OCH3 is 1. The molecule has 146 valence electrons. The minimum absolute atomic E-state index is 0.137. The van der Waals surface area contributed by atoms with E-state index in [0.29, 0.717) is 6.61 Å². The summed E-state index contributed by atoms with van der Waals surface area (Å²) in [5.41, 5.74) is 1.98. The van der Waals surface area contributed by atoms with Crippen molar-refractivity contribution in [3.05, 3.63) is 71.8 Å². The van der Waals surface area contributed by atoms with Gasteiger partial charge in [0.1, 0.15) is 24.4 Å². The van der Waals surface area contributed by atoms with Gasteiger partial charge in [0.2, 0.25) is 0 Å². The Bertz CT molecular complexity index is 661. The molecule has 6 nitrogen and oxygen atoms in total. The molecule has 3 rings (SSSR count). The normalized spacial score (nSPS) is 28.2. The average molecular weight is 374 g/mol. The summed E-state index contributed by atoms with van der Waals surface area (Å²) in [6.07, 6.45) is -4.57. The highest BCUT2D eigenvalue weighted by molar-refractivity contribution is 5.14. The number of aliphatic hydroxyl groups is 2. The maximum Gasteiger partial charge on any atom is 0.186 e. The maximum absolute atomic E-state index is 10.5. The molecule has 27 heavy (non-hydrogen) atoms. The van der Waals surface area contributed by atoms with Crippen molar-refractivity contribution in [3.8, 4) is 0 Å². The van der Waals surface area contributed by atoms with Crippen LogP contribution in [0.15, 0.2) is 60.7 Å². The van der Waals surface area contributed by atoms with E-state index in [2.05, 4.69) is 0 Å². The zero-order chi connectivity index (χ0) is 19.1. The molecule has 5 atom stereocenters. The van der Waals surface area contributed by atoms with Crippen LogP contribution in [-0.4, -0.2) is 54.6 Å². The van der Waals surface area contributed by atoms with Crippen LogP contribution >= 0.6 is 0 Å². The van der Waals surface area contributed by atoms with Crippen LogP contribution in [0.3, 0.4) is 0 Å². The van der Waals surface area contributed by atoms with E-state index >= 15 is 0 Å². The molecule has 0 unspecified atom stereocenters. The molecule has 2 aromatic carbocycles. The molecule has 0 aromatic heterocycles. The van der Waals surface area contributed by atoms with E-state index in [0.717, 1.165) is 11.1 Å². The fraction of sp³-hybridized carbons (Fsp3) is 0.429. The van der Waals surface area contributed by atoms with Gasteiger partial charge in [-0.1, -0.05) is 60.7 Å². The third-order valence-electron chi connectivity index (χ3n) is 4.56. The largest absolute Gasteiger partial charge is 0.387 e. The molecule has 1 saturated heterocycles. The number of hydrogen-bond acceptors (Lipinski definition) is 6. The van der Waals surface area contributed by atoms with Crippen molar-refractivity contribution in [1.82, 2.24) is 0 Å². The lowest BCUT2D eigenvalue weighted by Crippen LogP contribution is -2.59. The first kappa shape index (κ1) is 19.9. The Kier molecular flexibility index (Phi) is 7.34. The number of hydrogen-bond donors (Lipinski definition) is 2. The monoisotopic (exact) mass is 374 g/mol. The van der Waals surface area contributed by atoms with Gasteiger partial charge >= 0.3 is 0 Å². The van der Waals surface area contributed by atoms with Crippen LogP contribution in [0.5, 0.6) is 0 Å². The number of benzene rings is 2. The first-order valence-electron chi connectivity index (χ1n) is 9.00. The first-order chi connectivity index (χ1) is 13.2. The Morgan fingerprint density at radius 1 is 0.852 bits per heavy atom. The molecule has 2 aromatic rings. The Labute approximate surface area is 159 Å². The molecule has 1 aliphatic heterocycles. The van der Waals surface area contributed by atoms with Crippen LogP contribution in [0.4, 0.5) is 0 Å². The van der Waals surface area contributed by atoms with Gasteiger partial charge in [-0.2, -0.15) is 0 Å². The molecule has 0 amide bonds. The lowest BCUT2D eigenvalue weighted by atomic mass is 9.99. The fourth-order valence-electron chi connectivity index (χ4n) is 3.04. The van der Waals surface area contributed by atoms with E-state index in [9.17, 15) is 10.2 Å². The summed E-state index contributed by atoms with van der Waals surface area (Å²) in [4.78, 5) is 0. The predicted octanol–water partition coefficient (Wildman–Crippen LogP) is 1.88. The second-order valence-corrected chi connectivity index (χ2v) is 6.52. The van der Waals surface area contributed by atoms with E-state index in [-0.39, 0.29) is 13.2 Å². The van der Waals surface area contributed by atoms with Gasteiger partial charge in [-0.05, 0) is 11.1 Å². The fourth-order valence-corrected chi connectivity index (χ4v) is 3.04. The molecular weight excluding hydrogens is 348 g/mol. The van der Waals surface area contributed by atoms with Crippen LogP contribution in [0.2, 0.25) is 0 Å². The van der Waals surface area contributed by atoms with Crippen molar-refractivity contribution in [2.45, 2.75) is 43.9 Å². The second kappa shape index (κ2) is 9.94. The summed E-state index contributed by atoms with van der Waals surface area (Å²) in [7, 11) is 1.48. The summed E-state index contributed by atoms with van der Waals surface area (Å²) in [5, 5.41) is 20.9. The Morgan fingerprint density at radius 3 is 2.04 bits per heavy atom. The highest BCUT2D eigenvalue weighted by atomic mass is 16.7. The third-order valence-corrected chi connectivity index (χ3v) is 4.56. The van der Waals surface area contributed by atoms with Gasteiger partial charge in [-0.3, -0.25) is 0 Å². The Morgan fingerprint density at radius 2 is 1.44 bits per heavy atom. The first-order valence-corrected chi connectivity index (χ1v) is 9.00. The second-order valence-electron chi connectivity index (χ2n) is 6.52. The molecule has 0 spiro atoms. The van der Waals surface area contributed by atoms with Gasteiger partial charge in [-0.25, -0.2) is 0 Å². The lowest BCUT2D eigenvalue weighted by Gasteiger charge is -2.41. The van der Waals surface area contributed by atoms with E-state index in [4.69, 9.17) is 18.9 Å². The summed E-state index contributed by atoms with van der Waals surface area (Å²) in [5.74, 6) is 0. The van der Waals surface area contributed by atoms with Gasteiger partial charge in [0.15, 0.2) is 6.29 Å². The molecular formula is C21H26O6. The highest BCUT2D eigenvalue weighted by Crippen LogP contribution is 2.25. The minimum atomic E-state index is -1.14. The molecule has 6 heteroatoms. The molecule has 2 N–H and O–H groups in total. The molecule has 1 fully saturated rings. The molecule has 0 radical (unpaired) electrons. The van der Waals surface area contributed by atoms with Crippen LogP contribution in [-0.2, 0) is 32.2 Å². The van der Waals surface area contributed by atoms with Crippen LogP contribution in [0.25, 0.3) is 0 Å². The molecule has 0 aliphatic carbocycles. The topological polar surface area (TPSA) is 77.4 Å². The van der Waals surface area contributed by atoms with Gasteiger partial charge in [0.05, 0.1) is 19.8 Å². The van der Waals surface area contributed by atoms with E-state index in [1.807, 2.05) is 60.7 Å². The van der Waals surface area contributed by atoms with Gasteiger partial charge in [0, 0.05) is 7.11 Å². The summed E-state index contributed by atoms with van der Waals surface area (Å²) in [6, 6.07) is 19.3.